The number of hydrogen-bond acceptors (Lipinski definition) is 4. The van der Waals surface area contributed by atoms with Crippen LogP contribution in [-0.2, 0) is 14.4 Å². The molecule has 0 aromatic heterocycles. The van der Waals surface area contributed by atoms with Crippen molar-refractivity contribution in [3.8, 4) is 0 Å². The minimum atomic E-state index is -1.02. The fourth-order valence-corrected chi connectivity index (χ4v) is 2.70. The molecule has 3 atom stereocenters. The lowest BCUT2D eigenvalue weighted by Gasteiger charge is -2.38. The van der Waals surface area contributed by atoms with E-state index in [1.54, 1.807) is 13.1 Å². The Morgan fingerprint density at radius 3 is 1.82 bits per heavy atom. The van der Waals surface area contributed by atoms with Crippen molar-refractivity contribution in [3.63, 3.8) is 0 Å². The lowest BCUT2D eigenvalue weighted by Crippen LogP contribution is -2.60. The van der Waals surface area contributed by atoms with Crippen molar-refractivity contribution in [1.29, 1.82) is 0 Å². The van der Waals surface area contributed by atoms with Gasteiger partial charge in [0.05, 0.1) is 12.1 Å². The third-order valence-electron chi connectivity index (χ3n) is 4.85. The van der Waals surface area contributed by atoms with E-state index >= 15 is 0 Å². The highest BCUT2D eigenvalue weighted by molar-refractivity contribution is 5.91. The van der Waals surface area contributed by atoms with Crippen LogP contribution in [0.15, 0.2) is 11.6 Å². The smallest absolute Gasteiger partial charge is 0.331 e. The van der Waals surface area contributed by atoms with E-state index in [0.717, 1.165) is 0 Å². The fraction of sp³-hybridized carbons (Fsp3) is 0.762. The Labute approximate surface area is 169 Å². The maximum atomic E-state index is 13.3. The zero-order valence-corrected chi connectivity index (χ0v) is 19.1. The number of nitrogens with one attached hydrogen (secondary N) is 1. The van der Waals surface area contributed by atoms with Crippen molar-refractivity contribution in [1.82, 2.24) is 10.2 Å². The van der Waals surface area contributed by atoms with Crippen LogP contribution in [0.5, 0.6) is 0 Å². The van der Waals surface area contributed by atoms with Gasteiger partial charge >= 0.3 is 5.97 Å². The van der Waals surface area contributed by atoms with Crippen LogP contribution in [0, 0.1) is 16.7 Å². The summed E-state index contributed by atoms with van der Waals surface area (Å²) in [6, 6.07) is -1.97. The van der Waals surface area contributed by atoms with E-state index in [2.05, 4.69) is 5.32 Å². The average molecular weight is 398 g/mol. The third-order valence-corrected chi connectivity index (χ3v) is 4.85. The molecule has 0 aliphatic rings. The number of carbonyl (C=O) groups excluding carboxylic acids is 2. The molecule has 7 nitrogen and oxygen atoms in total. The van der Waals surface area contributed by atoms with Crippen LogP contribution in [0.3, 0.4) is 0 Å². The van der Waals surface area contributed by atoms with Crippen LogP contribution in [-0.4, -0.2) is 53.0 Å². The molecule has 7 heteroatoms. The van der Waals surface area contributed by atoms with Crippen LogP contribution in [0.4, 0.5) is 0 Å². The molecule has 2 amide bonds. The van der Waals surface area contributed by atoms with Crippen molar-refractivity contribution in [2.75, 3.05) is 7.05 Å². The van der Waals surface area contributed by atoms with Crippen LogP contribution in [0.2, 0.25) is 0 Å². The summed E-state index contributed by atoms with van der Waals surface area (Å²) in [7, 11) is 1.63. The molecule has 0 aliphatic carbocycles. The zero-order valence-electron chi connectivity index (χ0n) is 19.1. The van der Waals surface area contributed by atoms with Gasteiger partial charge in [-0.1, -0.05) is 61.5 Å². The number of amides is 2. The second-order valence-corrected chi connectivity index (χ2v) is 9.99. The number of aliphatic carboxylic acids is 1. The van der Waals surface area contributed by atoms with Crippen LogP contribution >= 0.6 is 0 Å². The molecule has 0 unspecified atom stereocenters. The summed E-state index contributed by atoms with van der Waals surface area (Å²) in [6.45, 7) is 16.5. The Hall–Kier alpha value is -1.89. The molecule has 0 fully saturated rings. The molecular formula is C21H39N3O4. The van der Waals surface area contributed by atoms with E-state index in [9.17, 15) is 19.5 Å². The molecule has 0 aliphatic heterocycles. The van der Waals surface area contributed by atoms with Crippen LogP contribution in [0.1, 0.15) is 62.3 Å². The molecule has 162 valence electrons. The SMILES string of the molecule is CC(=C[C@H](C(C)C)N(C)C(=O)[C@@H](NC(=O)[C@@H](N)C(C)(C)C)C(C)(C)C)C(=O)O. The largest absolute Gasteiger partial charge is 0.478 e. The second-order valence-electron chi connectivity index (χ2n) is 9.99. The molecule has 0 heterocycles. The summed E-state index contributed by atoms with van der Waals surface area (Å²) < 4.78 is 0. The van der Waals surface area contributed by atoms with E-state index in [-0.39, 0.29) is 23.3 Å². The fourth-order valence-electron chi connectivity index (χ4n) is 2.70. The molecule has 28 heavy (non-hydrogen) atoms. The van der Waals surface area contributed by atoms with Gasteiger partial charge < -0.3 is 21.1 Å². The number of carbonyl (C=O) groups is 3. The molecule has 0 saturated carbocycles. The van der Waals surface area contributed by atoms with Gasteiger partial charge in [-0.2, -0.15) is 0 Å². The quantitative estimate of drug-likeness (QED) is 0.571. The molecule has 0 aromatic rings. The summed E-state index contributed by atoms with van der Waals surface area (Å²) in [5.74, 6) is -1.69. The molecule has 4 N–H and O–H groups in total. The standard InChI is InChI=1S/C21H39N3O4/c1-12(2)14(11-13(3)19(27)28)24(10)18(26)16(21(7,8)9)23-17(25)15(22)20(4,5)6/h11-12,14-16H,22H2,1-10H3,(H,23,25)(H,27,28)/t14-,15-,16-/m1/s1. The summed E-state index contributed by atoms with van der Waals surface area (Å²) >= 11 is 0. The Morgan fingerprint density at radius 1 is 1.04 bits per heavy atom. The van der Waals surface area contributed by atoms with E-state index in [4.69, 9.17) is 5.73 Å². The molecule has 0 rings (SSSR count). The first kappa shape index (κ1) is 26.1. The van der Waals surface area contributed by atoms with Gasteiger partial charge in [0.1, 0.15) is 6.04 Å². The van der Waals surface area contributed by atoms with Crippen molar-refractivity contribution in [2.45, 2.75) is 80.4 Å². The Bertz CT molecular complexity index is 612. The summed E-state index contributed by atoms with van der Waals surface area (Å²) in [5, 5.41) is 12.0. The van der Waals surface area contributed by atoms with Gasteiger partial charge in [0.25, 0.3) is 0 Å². The maximum absolute atomic E-state index is 13.3. The summed E-state index contributed by atoms with van der Waals surface area (Å²) in [4.78, 5) is 38.7. The van der Waals surface area contributed by atoms with Gasteiger partial charge in [-0.3, -0.25) is 9.59 Å². The van der Waals surface area contributed by atoms with E-state index in [0.29, 0.717) is 0 Å². The monoisotopic (exact) mass is 397 g/mol. The lowest BCUT2D eigenvalue weighted by molar-refractivity contribution is -0.141. The third kappa shape index (κ3) is 7.26. The van der Waals surface area contributed by atoms with Gasteiger partial charge in [0.15, 0.2) is 0 Å². The van der Waals surface area contributed by atoms with Crippen LogP contribution in [0.25, 0.3) is 0 Å². The highest BCUT2D eigenvalue weighted by Crippen LogP contribution is 2.25. The number of carboxylic acids is 1. The first-order valence-electron chi connectivity index (χ1n) is 9.65. The van der Waals surface area contributed by atoms with Gasteiger partial charge in [0, 0.05) is 12.6 Å². The average Bonchev–Trinajstić information content (AvgIpc) is 2.52. The minimum absolute atomic E-state index is 0.00333. The van der Waals surface area contributed by atoms with Gasteiger partial charge in [-0.25, -0.2) is 4.79 Å². The maximum Gasteiger partial charge on any atom is 0.331 e. The number of hydrogen-bond donors (Lipinski definition) is 3. The van der Waals surface area contributed by atoms with E-state index in [1.807, 2.05) is 55.4 Å². The minimum Gasteiger partial charge on any atom is -0.478 e. The second kappa shape index (κ2) is 9.54. The number of nitrogens with two attached hydrogens (primary N) is 1. The first-order valence-corrected chi connectivity index (χ1v) is 9.65. The predicted octanol–water partition coefficient (Wildman–Crippen LogP) is 2.40. The number of carboxylic acid groups (broad SMARTS) is 1. The number of likely N-dealkylation sites (N-methyl/N-ethyl adjacent to an activating group) is 1. The highest BCUT2D eigenvalue weighted by atomic mass is 16.4. The predicted molar refractivity (Wildman–Crippen MR) is 112 cm³/mol. The van der Waals surface area contributed by atoms with Gasteiger partial charge in [-0.05, 0) is 23.7 Å². The Morgan fingerprint density at radius 2 is 1.50 bits per heavy atom. The topological polar surface area (TPSA) is 113 Å². The summed E-state index contributed by atoms with van der Waals surface area (Å²) in [5.41, 5.74) is 5.24. The van der Waals surface area contributed by atoms with Gasteiger partial charge in [-0.15, -0.1) is 0 Å². The molecule has 0 aromatic carbocycles. The van der Waals surface area contributed by atoms with Crippen molar-refractivity contribution in [3.05, 3.63) is 11.6 Å². The highest BCUT2D eigenvalue weighted by Gasteiger charge is 2.39. The Kier molecular flexibility index (Phi) is 8.90. The van der Waals surface area contributed by atoms with Crippen molar-refractivity contribution < 1.29 is 19.5 Å². The molecule has 0 bridgehead atoms. The normalized spacial score (nSPS) is 16.4. The molecule has 0 spiro atoms. The van der Waals surface area contributed by atoms with Crippen molar-refractivity contribution >= 4 is 17.8 Å². The molecule has 0 saturated heterocycles. The van der Waals surface area contributed by atoms with E-state index in [1.165, 1.54) is 11.8 Å². The molecular weight excluding hydrogens is 358 g/mol. The molecule has 0 radical (unpaired) electrons. The Balaban J connectivity index is 5.81. The van der Waals surface area contributed by atoms with Gasteiger partial charge in [0.2, 0.25) is 11.8 Å². The van der Waals surface area contributed by atoms with Crippen molar-refractivity contribution in [2.24, 2.45) is 22.5 Å². The van der Waals surface area contributed by atoms with E-state index < -0.39 is 34.9 Å². The first-order chi connectivity index (χ1) is 12.4. The zero-order chi connectivity index (χ0) is 22.6. The number of nitrogens with zero attached hydrogens (tertiary/aromatic N) is 1. The number of rotatable bonds is 7. The van der Waals surface area contributed by atoms with Crippen LogP contribution < -0.4 is 11.1 Å². The lowest BCUT2D eigenvalue weighted by atomic mass is 9.83. The summed E-state index contributed by atoms with van der Waals surface area (Å²) in [6.07, 6.45) is 1.58.